The summed E-state index contributed by atoms with van der Waals surface area (Å²) in [6, 6.07) is 10.1. The van der Waals surface area contributed by atoms with Crippen molar-refractivity contribution < 1.29 is 9.53 Å². The van der Waals surface area contributed by atoms with Crippen molar-refractivity contribution in [1.82, 2.24) is 4.90 Å². The molecular weight excluding hydrogens is 298 g/mol. The highest BCUT2D eigenvalue weighted by molar-refractivity contribution is 5.95. The number of rotatable bonds is 6. The van der Waals surface area contributed by atoms with Crippen LogP contribution in [0.5, 0.6) is 0 Å². The zero-order chi connectivity index (χ0) is 17.2. The Balaban J connectivity index is 1.83. The fraction of sp³-hybridized carbons (Fsp3) is 0.571. The summed E-state index contributed by atoms with van der Waals surface area (Å²) in [6.07, 6.45) is 6.05. The maximum absolute atomic E-state index is 13.1. The highest BCUT2D eigenvalue weighted by Crippen LogP contribution is 2.47. The van der Waals surface area contributed by atoms with Crippen LogP contribution in [-0.4, -0.2) is 17.4 Å². The second-order valence-electron chi connectivity index (χ2n) is 7.86. The van der Waals surface area contributed by atoms with E-state index in [1.807, 2.05) is 23.1 Å². The van der Waals surface area contributed by atoms with Crippen LogP contribution in [0, 0.1) is 5.41 Å². The molecule has 0 fully saturated rings. The van der Waals surface area contributed by atoms with Gasteiger partial charge in [0.25, 0.3) is 5.91 Å². The molecule has 0 saturated carbocycles. The van der Waals surface area contributed by atoms with Crippen LogP contribution in [-0.2, 0) is 9.53 Å². The molecule has 3 heteroatoms. The first-order valence-electron chi connectivity index (χ1n) is 9.26. The van der Waals surface area contributed by atoms with Crippen LogP contribution in [0.1, 0.15) is 71.1 Å². The van der Waals surface area contributed by atoms with Gasteiger partial charge in [-0.25, -0.2) is 0 Å². The minimum absolute atomic E-state index is 0.125. The average Bonchev–Trinajstić information content (AvgIpc) is 2.88. The van der Waals surface area contributed by atoms with Gasteiger partial charge in [-0.1, -0.05) is 70.4 Å². The van der Waals surface area contributed by atoms with Crippen molar-refractivity contribution in [3.63, 3.8) is 0 Å². The summed E-state index contributed by atoms with van der Waals surface area (Å²) in [4.78, 5) is 15.1. The number of carbonyl (C=O) groups is 1. The summed E-state index contributed by atoms with van der Waals surface area (Å²) in [6.45, 7) is 7.41. The van der Waals surface area contributed by atoms with E-state index in [0.29, 0.717) is 0 Å². The van der Waals surface area contributed by atoms with E-state index in [-0.39, 0.29) is 17.6 Å². The van der Waals surface area contributed by atoms with E-state index < -0.39 is 0 Å². The van der Waals surface area contributed by atoms with Gasteiger partial charge in [0.15, 0.2) is 0 Å². The fourth-order valence-corrected chi connectivity index (χ4v) is 3.76. The Labute approximate surface area is 145 Å². The van der Waals surface area contributed by atoms with Gasteiger partial charge in [0.2, 0.25) is 6.23 Å². The average molecular weight is 327 g/mol. The normalized spacial score (nSPS) is 22.5. The lowest BCUT2D eigenvalue weighted by Crippen LogP contribution is -2.41. The number of ether oxygens (including phenoxy) is 1. The molecule has 0 spiro atoms. The molecule has 130 valence electrons. The summed E-state index contributed by atoms with van der Waals surface area (Å²) in [5.41, 5.74) is 2.10. The number of allylic oxidation sites excluding steroid dienone is 1. The van der Waals surface area contributed by atoms with E-state index >= 15 is 0 Å². The minimum Gasteiger partial charge on any atom is -0.470 e. The molecule has 1 unspecified atom stereocenters. The van der Waals surface area contributed by atoms with Crippen molar-refractivity contribution in [3.8, 4) is 0 Å². The lowest BCUT2D eigenvalue weighted by molar-refractivity contribution is -0.144. The zero-order valence-corrected chi connectivity index (χ0v) is 15.2. The Kier molecular flexibility index (Phi) is 4.98. The highest BCUT2D eigenvalue weighted by Gasteiger charge is 2.43. The van der Waals surface area contributed by atoms with Crippen molar-refractivity contribution in [1.29, 1.82) is 0 Å². The zero-order valence-electron chi connectivity index (χ0n) is 15.2. The molecule has 0 saturated heterocycles. The first-order chi connectivity index (χ1) is 11.5. The van der Waals surface area contributed by atoms with E-state index in [0.717, 1.165) is 42.7 Å². The number of hydrogen-bond donors (Lipinski definition) is 0. The van der Waals surface area contributed by atoms with Crippen LogP contribution in [0.25, 0.3) is 0 Å². The van der Waals surface area contributed by atoms with Gasteiger partial charge in [-0.15, -0.1) is 0 Å². The van der Waals surface area contributed by atoms with E-state index in [4.69, 9.17) is 4.74 Å². The van der Waals surface area contributed by atoms with E-state index in [1.165, 1.54) is 19.3 Å². The van der Waals surface area contributed by atoms with Crippen LogP contribution in [0.2, 0.25) is 0 Å². The largest absolute Gasteiger partial charge is 0.470 e. The van der Waals surface area contributed by atoms with Gasteiger partial charge in [0, 0.05) is 18.5 Å². The van der Waals surface area contributed by atoms with Crippen molar-refractivity contribution in [2.24, 2.45) is 5.41 Å². The lowest BCUT2D eigenvalue weighted by Gasteiger charge is -2.37. The van der Waals surface area contributed by atoms with Crippen LogP contribution in [0.4, 0.5) is 0 Å². The topological polar surface area (TPSA) is 29.5 Å². The van der Waals surface area contributed by atoms with Crippen molar-refractivity contribution >= 4 is 5.91 Å². The monoisotopic (exact) mass is 327 g/mol. The maximum Gasteiger partial charge on any atom is 0.256 e. The minimum atomic E-state index is -0.270. The SMILES string of the molecule is CCCCCCN1C(=O)C2=C(CC(C)(C)C2)OC1c1ccccc1. The third-order valence-corrected chi connectivity index (χ3v) is 5.02. The smallest absolute Gasteiger partial charge is 0.256 e. The third-order valence-electron chi connectivity index (χ3n) is 5.02. The molecule has 1 atom stereocenters. The molecule has 1 aromatic rings. The first-order valence-corrected chi connectivity index (χ1v) is 9.26. The Hall–Kier alpha value is -1.77. The van der Waals surface area contributed by atoms with Gasteiger partial charge in [-0.3, -0.25) is 9.69 Å². The van der Waals surface area contributed by atoms with Crippen LogP contribution >= 0.6 is 0 Å². The Morgan fingerprint density at radius 2 is 1.88 bits per heavy atom. The molecule has 3 rings (SSSR count). The molecule has 24 heavy (non-hydrogen) atoms. The summed E-state index contributed by atoms with van der Waals surface area (Å²) in [5, 5.41) is 0. The third kappa shape index (κ3) is 3.50. The molecule has 2 aliphatic rings. The molecule has 1 heterocycles. The Morgan fingerprint density at radius 1 is 1.12 bits per heavy atom. The Bertz CT molecular complexity index is 618. The summed E-state index contributed by atoms with van der Waals surface area (Å²) >= 11 is 0. The number of hydrogen-bond acceptors (Lipinski definition) is 2. The van der Waals surface area contributed by atoms with Crippen molar-refractivity contribution in [2.45, 2.75) is 65.5 Å². The summed E-state index contributed by atoms with van der Waals surface area (Å²) in [7, 11) is 0. The van der Waals surface area contributed by atoms with Gasteiger partial charge < -0.3 is 4.74 Å². The first kappa shape index (κ1) is 17.1. The second-order valence-corrected chi connectivity index (χ2v) is 7.86. The summed E-state index contributed by atoms with van der Waals surface area (Å²) in [5.74, 6) is 1.11. The molecule has 0 N–H and O–H groups in total. The van der Waals surface area contributed by atoms with Crippen molar-refractivity contribution in [2.75, 3.05) is 6.54 Å². The molecule has 1 aromatic carbocycles. The number of benzene rings is 1. The van der Waals surface area contributed by atoms with Gasteiger partial charge >= 0.3 is 0 Å². The summed E-state index contributed by atoms with van der Waals surface area (Å²) < 4.78 is 6.36. The van der Waals surface area contributed by atoms with Crippen LogP contribution in [0.15, 0.2) is 41.7 Å². The fourth-order valence-electron chi connectivity index (χ4n) is 3.76. The number of carbonyl (C=O) groups excluding carboxylic acids is 1. The maximum atomic E-state index is 13.1. The number of unbranched alkanes of at least 4 members (excludes halogenated alkanes) is 3. The van der Waals surface area contributed by atoms with Crippen LogP contribution < -0.4 is 0 Å². The quantitative estimate of drug-likeness (QED) is 0.672. The van der Waals surface area contributed by atoms with Crippen LogP contribution in [0.3, 0.4) is 0 Å². The predicted octanol–water partition coefficient (Wildman–Crippen LogP) is 5.20. The molecule has 0 bridgehead atoms. The van der Waals surface area contributed by atoms with E-state index in [2.05, 4.69) is 32.9 Å². The predicted molar refractivity (Wildman–Crippen MR) is 96.2 cm³/mol. The second kappa shape index (κ2) is 7.00. The lowest BCUT2D eigenvalue weighted by atomic mass is 9.89. The molecule has 0 radical (unpaired) electrons. The standard InChI is InChI=1S/C21H29NO2/c1-4-5-6-10-13-22-19(23)17-14-21(2,3)15-18(17)24-20(22)16-11-8-7-9-12-16/h7-9,11-12,20H,4-6,10,13-15H2,1-3H3. The Morgan fingerprint density at radius 3 is 2.58 bits per heavy atom. The van der Waals surface area contributed by atoms with E-state index in [9.17, 15) is 4.79 Å². The highest BCUT2D eigenvalue weighted by atomic mass is 16.5. The van der Waals surface area contributed by atoms with Gasteiger partial charge in [-0.2, -0.15) is 0 Å². The van der Waals surface area contributed by atoms with Gasteiger partial charge in [-0.05, 0) is 18.3 Å². The van der Waals surface area contributed by atoms with E-state index in [1.54, 1.807) is 0 Å². The molecule has 1 aliphatic heterocycles. The van der Waals surface area contributed by atoms with Gasteiger partial charge in [0.1, 0.15) is 5.76 Å². The van der Waals surface area contributed by atoms with Gasteiger partial charge in [0.05, 0.1) is 5.57 Å². The molecule has 1 aliphatic carbocycles. The molecule has 1 amide bonds. The van der Waals surface area contributed by atoms with Crippen molar-refractivity contribution in [3.05, 3.63) is 47.2 Å². The molecule has 0 aromatic heterocycles. The molecular formula is C21H29NO2. The number of nitrogens with zero attached hydrogens (tertiary/aromatic N) is 1. The molecule has 3 nitrogen and oxygen atoms in total. The number of amides is 1.